The van der Waals surface area contributed by atoms with E-state index in [-0.39, 0.29) is 25.2 Å². The first kappa shape index (κ1) is 30.9. The first-order chi connectivity index (χ1) is 17.8. The molecule has 1 aromatic carbocycles. The van der Waals surface area contributed by atoms with E-state index in [9.17, 15) is 10.2 Å². The Bertz CT molecular complexity index is 788. The lowest BCUT2D eigenvalue weighted by Crippen LogP contribution is -2.59. The van der Waals surface area contributed by atoms with Crippen molar-refractivity contribution in [1.29, 1.82) is 0 Å². The van der Waals surface area contributed by atoms with Crippen molar-refractivity contribution in [3.8, 4) is 5.75 Å². The third-order valence-corrected chi connectivity index (χ3v) is 7.01. The molecule has 1 aromatic rings. The van der Waals surface area contributed by atoms with E-state index in [1.807, 2.05) is 6.07 Å². The van der Waals surface area contributed by atoms with Crippen LogP contribution in [0.3, 0.4) is 0 Å². The molecule has 3 fully saturated rings. The SMILES string of the molecule is C[C@]1(O)CC2(CCN(Cc3cccc(OCCCN4CCOCC4)c3)CC2)OC[C@@H]1O.O=CO.O=CO. The number of hydrogen-bond donors (Lipinski definition) is 4. The molecule has 0 aromatic heterocycles. The predicted molar refractivity (Wildman–Crippen MR) is 136 cm³/mol. The summed E-state index contributed by atoms with van der Waals surface area (Å²) in [5.74, 6) is 0.939. The van der Waals surface area contributed by atoms with Crippen LogP contribution >= 0.6 is 0 Å². The van der Waals surface area contributed by atoms with Crippen LogP contribution in [0.2, 0.25) is 0 Å². The molecular formula is C26H42N2O9. The molecule has 4 rings (SSSR count). The number of benzene rings is 1. The highest BCUT2D eigenvalue weighted by Crippen LogP contribution is 2.39. The molecule has 3 heterocycles. The summed E-state index contributed by atoms with van der Waals surface area (Å²) in [6.07, 6.45) is 2.49. The maximum Gasteiger partial charge on any atom is 0.290 e. The summed E-state index contributed by atoms with van der Waals surface area (Å²) in [6, 6.07) is 8.41. The fourth-order valence-electron chi connectivity index (χ4n) is 4.99. The Morgan fingerprint density at radius 2 is 1.73 bits per heavy atom. The van der Waals surface area contributed by atoms with Crippen LogP contribution in [0.4, 0.5) is 0 Å². The van der Waals surface area contributed by atoms with Crippen molar-refractivity contribution in [2.24, 2.45) is 0 Å². The highest BCUT2D eigenvalue weighted by molar-refractivity contribution is 5.33. The number of morpholine rings is 1. The lowest BCUT2D eigenvalue weighted by Gasteiger charge is -2.50. The molecule has 0 amide bonds. The minimum atomic E-state index is -1.06. The Balaban J connectivity index is 0.000000733. The number of aliphatic hydroxyl groups excluding tert-OH is 1. The van der Waals surface area contributed by atoms with E-state index in [2.05, 4.69) is 28.0 Å². The van der Waals surface area contributed by atoms with Crippen LogP contribution in [0.1, 0.15) is 38.2 Å². The second-order valence-electron chi connectivity index (χ2n) is 9.83. The molecule has 0 aliphatic carbocycles. The lowest BCUT2D eigenvalue weighted by molar-refractivity contribution is -0.223. The lowest BCUT2D eigenvalue weighted by atomic mass is 9.76. The van der Waals surface area contributed by atoms with Gasteiger partial charge in [-0.2, -0.15) is 0 Å². The molecule has 4 N–H and O–H groups in total. The summed E-state index contributed by atoms with van der Waals surface area (Å²) < 4.78 is 17.4. The first-order valence-electron chi connectivity index (χ1n) is 12.7. The zero-order valence-corrected chi connectivity index (χ0v) is 21.7. The van der Waals surface area contributed by atoms with Crippen molar-refractivity contribution in [3.05, 3.63) is 29.8 Å². The van der Waals surface area contributed by atoms with E-state index in [0.29, 0.717) is 6.42 Å². The Hall–Kier alpha value is -2.28. The monoisotopic (exact) mass is 526 g/mol. The maximum absolute atomic E-state index is 10.5. The Kier molecular flexibility index (Phi) is 13.3. The van der Waals surface area contributed by atoms with Crippen LogP contribution in [0.15, 0.2) is 24.3 Å². The van der Waals surface area contributed by atoms with Gasteiger partial charge < -0.3 is 34.6 Å². The number of rotatable bonds is 7. The number of likely N-dealkylation sites (tertiary alicyclic amines) is 1. The van der Waals surface area contributed by atoms with Gasteiger partial charge in [0.2, 0.25) is 0 Å². The largest absolute Gasteiger partial charge is 0.494 e. The van der Waals surface area contributed by atoms with E-state index in [0.717, 1.165) is 84.1 Å². The fourth-order valence-corrected chi connectivity index (χ4v) is 4.99. The minimum absolute atomic E-state index is 0.220. The average Bonchev–Trinajstić information content (AvgIpc) is 2.88. The Morgan fingerprint density at radius 1 is 1.08 bits per heavy atom. The van der Waals surface area contributed by atoms with Crippen molar-refractivity contribution < 1.29 is 44.2 Å². The third kappa shape index (κ3) is 10.5. The van der Waals surface area contributed by atoms with Gasteiger partial charge in [0, 0.05) is 45.7 Å². The Labute approximate surface area is 218 Å². The number of carbonyl (C=O) groups is 2. The van der Waals surface area contributed by atoms with Gasteiger partial charge in [-0.15, -0.1) is 0 Å². The molecule has 3 aliphatic heterocycles. The number of aliphatic hydroxyl groups is 2. The highest BCUT2D eigenvalue weighted by atomic mass is 16.5. The molecule has 1 spiro atoms. The summed E-state index contributed by atoms with van der Waals surface area (Å²) in [6.45, 7) is 9.71. The number of carboxylic acid groups (broad SMARTS) is 2. The smallest absolute Gasteiger partial charge is 0.290 e. The van der Waals surface area contributed by atoms with Crippen LogP contribution < -0.4 is 4.74 Å². The van der Waals surface area contributed by atoms with Crippen LogP contribution in [-0.2, 0) is 25.6 Å². The summed E-state index contributed by atoms with van der Waals surface area (Å²) in [4.78, 5) is 21.6. The number of hydrogen-bond acceptors (Lipinski definition) is 9. The number of piperidine rings is 1. The number of nitrogens with zero attached hydrogens (tertiary/aromatic N) is 2. The third-order valence-electron chi connectivity index (χ3n) is 7.01. The van der Waals surface area contributed by atoms with E-state index in [1.54, 1.807) is 6.92 Å². The average molecular weight is 527 g/mol. The fraction of sp³-hybridized carbons (Fsp3) is 0.692. The molecule has 0 radical (unpaired) electrons. The zero-order valence-electron chi connectivity index (χ0n) is 21.7. The molecule has 37 heavy (non-hydrogen) atoms. The summed E-state index contributed by atoms with van der Waals surface area (Å²) in [7, 11) is 0. The minimum Gasteiger partial charge on any atom is -0.494 e. The van der Waals surface area contributed by atoms with Crippen molar-refractivity contribution in [2.45, 2.75) is 56.5 Å². The van der Waals surface area contributed by atoms with Gasteiger partial charge in [0.25, 0.3) is 12.9 Å². The van der Waals surface area contributed by atoms with E-state index in [4.69, 9.17) is 34.0 Å². The van der Waals surface area contributed by atoms with Gasteiger partial charge in [-0.1, -0.05) is 12.1 Å². The maximum atomic E-state index is 10.5. The molecule has 210 valence electrons. The van der Waals surface area contributed by atoms with Gasteiger partial charge in [0.05, 0.1) is 37.6 Å². The van der Waals surface area contributed by atoms with Crippen molar-refractivity contribution in [3.63, 3.8) is 0 Å². The second-order valence-corrected chi connectivity index (χ2v) is 9.83. The molecular weight excluding hydrogens is 484 g/mol. The topological polar surface area (TPSA) is 149 Å². The second kappa shape index (κ2) is 15.9. The zero-order chi connectivity index (χ0) is 27.2. The predicted octanol–water partition coefficient (Wildman–Crippen LogP) is 1.06. The summed E-state index contributed by atoms with van der Waals surface area (Å²) in [5, 5.41) is 34.2. The molecule has 0 bridgehead atoms. The standard InChI is InChI=1S/C24H38N2O5.2CH2O2/c1-23(28)19-24(31-18-22(23)27)6-9-26(10-7-24)17-20-4-2-5-21(16-20)30-13-3-8-25-11-14-29-15-12-25;2*2-1-3/h2,4-5,16,22,27-28H,3,6-15,17-19H2,1H3;2*1H,(H,2,3)/t22-,23-;;/m0../s1. The highest BCUT2D eigenvalue weighted by Gasteiger charge is 2.48. The van der Waals surface area contributed by atoms with E-state index in [1.165, 1.54) is 5.56 Å². The number of ether oxygens (including phenoxy) is 3. The molecule has 3 aliphatic rings. The molecule has 11 nitrogen and oxygen atoms in total. The quantitative estimate of drug-likeness (QED) is 0.298. The van der Waals surface area contributed by atoms with Gasteiger partial charge in [-0.05, 0) is 43.9 Å². The van der Waals surface area contributed by atoms with Gasteiger partial charge in [0.15, 0.2) is 0 Å². The normalized spacial score (nSPS) is 25.6. The molecule has 0 saturated carbocycles. The van der Waals surface area contributed by atoms with Crippen LogP contribution in [0.5, 0.6) is 5.75 Å². The first-order valence-corrected chi connectivity index (χ1v) is 12.7. The van der Waals surface area contributed by atoms with Crippen LogP contribution in [0, 0.1) is 0 Å². The summed E-state index contributed by atoms with van der Waals surface area (Å²) >= 11 is 0. The van der Waals surface area contributed by atoms with Gasteiger partial charge >= 0.3 is 0 Å². The van der Waals surface area contributed by atoms with Crippen LogP contribution in [-0.4, -0.2) is 120 Å². The van der Waals surface area contributed by atoms with Gasteiger partial charge in [0.1, 0.15) is 11.9 Å². The van der Waals surface area contributed by atoms with Crippen molar-refractivity contribution >= 4 is 12.9 Å². The summed E-state index contributed by atoms with van der Waals surface area (Å²) in [5.41, 5.74) is -0.105. The van der Waals surface area contributed by atoms with Crippen molar-refractivity contribution in [2.75, 3.05) is 59.2 Å². The molecule has 3 saturated heterocycles. The van der Waals surface area contributed by atoms with E-state index < -0.39 is 11.7 Å². The van der Waals surface area contributed by atoms with E-state index >= 15 is 0 Å². The molecule has 0 unspecified atom stereocenters. The van der Waals surface area contributed by atoms with Crippen LogP contribution in [0.25, 0.3) is 0 Å². The van der Waals surface area contributed by atoms with Gasteiger partial charge in [-0.25, -0.2) is 0 Å². The molecule has 11 heteroatoms. The Morgan fingerprint density at radius 3 is 2.35 bits per heavy atom. The van der Waals surface area contributed by atoms with Crippen molar-refractivity contribution in [1.82, 2.24) is 9.80 Å². The molecule has 2 atom stereocenters. The van der Waals surface area contributed by atoms with Gasteiger partial charge in [-0.3, -0.25) is 19.4 Å².